The zero-order valence-electron chi connectivity index (χ0n) is 17.5. The molecule has 0 atom stereocenters. The van der Waals surface area contributed by atoms with Crippen LogP contribution in [0.2, 0.25) is 0 Å². The first-order valence-corrected chi connectivity index (χ1v) is 12.5. The number of anilines is 2. The summed E-state index contributed by atoms with van der Waals surface area (Å²) in [5, 5.41) is 1.01. The summed E-state index contributed by atoms with van der Waals surface area (Å²) in [5.41, 5.74) is 10.9. The molecule has 2 aromatic carbocycles. The molecule has 0 bridgehead atoms. The number of nitrogen functional groups attached to an aromatic ring is 1. The van der Waals surface area contributed by atoms with E-state index in [-0.39, 0.29) is 6.10 Å². The minimum Gasteiger partial charge on any atom is -0.490 e. The SMILES string of the molecule is CS(=O)(=O)Nc1ccc(-c2c(N)c3ccc(OC4CCOCC4)cc3n2C2CC2)cc1. The average molecular weight is 442 g/mol. The normalized spacial score (nSPS) is 17.7. The van der Waals surface area contributed by atoms with Crippen LogP contribution in [0.25, 0.3) is 22.2 Å². The number of hydrogen-bond acceptors (Lipinski definition) is 5. The van der Waals surface area contributed by atoms with Crippen LogP contribution in [0.4, 0.5) is 11.4 Å². The van der Waals surface area contributed by atoms with Gasteiger partial charge in [-0.3, -0.25) is 4.72 Å². The Morgan fingerprint density at radius 1 is 1.06 bits per heavy atom. The van der Waals surface area contributed by atoms with Gasteiger partial charge in [-0.05, 0) is 37.1 Å². The summed E-state index contributed by atoms with van der Waals surface area (Å²) in [6.45, 7) is 1.49. The van der Waals surface area contributed by atoms with Crippen molar-refractivity contribution in [1.82, 2.24) is 4.57 Å². The molecule has 31 heavy (non-hydrogen) atoms. The molecular weight excluding hydrogens is 414 g/mol. The standard InChI is InChI=1S/C23H27N3O4S/c1-31(27,28)25-16-4-2-15(3-5-16)23-22(24)20-9-8-19(30-18-10-12-29-13-11-18)14-21(20)26(23)17-6-7-17/h2-5,8-9,14,17-18,25H,6-7,10-13,24H2,1H3. The molecule has 0 spiro atoms. The molecule has 2 aliphatic rings. The molecule has 1 aliphatic heterocycles. The van der Waals surface area contributed by atoms with Gasteiger partial charge < -0.3 is 19.8 Å². The maximum Gasteiger partial charge on any atom is 0.229 e. The van der Waals surface area contributed by atoms with Gasteiger partial charge in [0.15, 0.2) is 0 Å². The second kappa shape index (κ2) is 7.76. The number of nitrogens with one attached hydrogen (secondary N) is 1. The summed E-state index contributed by atoms with van der Waals surface area (Å²) in [7, 11) is -3.31. The molecule has 3 N–H and O–H groups in total. The molecule has 1 saturated heterocycles. The lowest BCUT2D eigenvalue weighted by Crippen LogP contribution is -2.25. The van der Waals surface area contributed by atoms with E-state index in [1.807, 2.05) is 24.3 Å². The lowest BCUT2D eigenvalue weighted by molar-refractivity contribution is 0.0256. The van der Waals surface area contributed by atoms with Gasteiger partial charge in [0.1, 0.15) is 11.9 Å². The second-order valence-corrected chi connectivity index (χ2v) is 10.2. The van der Waals surface area contributed by atoms with E-state index in [1.54, 1.807) is 12.1 Å². The fourth-order valence-electron chi connectivity index (χ4n) is 4.29. The fourth-order valence-corrected chi connectivity index (χ4v) is 4.86. The molecule has 5 rings (SSSR count). The zero-order chi connectivity index (χ0) is 21.6. The summed E-state index contributed by atoms with van der Waals surface area (Å²) in [5.74, 6) is 0.859. The predicted octanol–water partition coefficient (Wildman–Crippen LogP) is 4.15. The minimum atomic E-state index is -3.31. The number of nitrogens with zero attached hydrogens (tertiary/aromatic N) is 1. The van der Waals surface area contributed by atoms with Gasteiger partial charge in [-0.15, -0.1) is 0 Å². The van der Waals surface area contributed by atoms with E-state index in [0.717, 1.165) is 78.8 Å². The maximum atomic E-state index is 11.5. The highest BCUT2D eigenvalue weighted by Gasteiger charge is 2.30. The van der Waals surface area contributed by atoms with E-state index in [0.29, 0.717) is 11.7 Å². The van der Waals surface area contributed by atoms with Gasteiger partial charge >= 0.3 is 0 Å². The Hall–Kier alpha value is -2.71. The number of rotatable bonds is 6. The van der Waals surface area contributed by atoms with E-state index in [9.17, 15) is 8.42 Å². The topological polar surface area (TPSA) is 95.6 Å². The number of nitrogens with two attached hydrogens (primary N) is 1. The maximum absolute atomic E-state index is 11.5. The van der Waals surface area contributed by atoms with Crippen molar-refractivity contribution in [3.8, 4) is 17.0 Å². The van der Waals surface area contributed by atoms with Crippen LogP contribution in [0.3, 0.4) is 0 Å². The van der Waals surface area contributed by atoms with E-state index in [1.165, 1.54) is 0 Å². The van der Waals surface area contributed by atoms with Crippen molar-refractivity contribution < 1.29 is 17.9 Å². The van der Waals surface area contributed by atoms with Crippen LogP contribution >= 0.6 is 0 Å². The van der Waals surface area contributed by atoms with Gasteiger partial charge in [0.25, 0.3) is 0 Å². The summed E-state index contributed by atoms with van der Waals surface area (Å²) >= 11 is 0. The van der Waals surface area contributed by atoms with Crippen molar-refractivity contribution in [2.24, 2.45) is 0 Å². The van der Waals surface area contributed by atoms with E-state index in [4.69, 9.17) is 15.2 Å². The van der Waals surface area contributed by atoms with Gasteiger partial charge in [-0.25, -0.2) is 8.42 Å². The van der Waals surface area contributed by atoms with Gasteiger partial charge in [0.05, 0.1) is 36.4 Å². The van der Waals surface area contributed by atoms with Crippen LogP contribution in [0.1, 0.15) is 31.7 Å². The Balaban J connectivity index is 1.53. The summed E-state index contributed by atoms with van der Waals surface area (Å²) in [6.07, 6.45) is 5.38. The van der Waals surface area contributed by atoms with Gasteiger partial charge in [0, 0.05) is 41.6 Å². The Bertz CT molecular complexity index is 1210. The Morgan fingerprint density at radius 2 is 1.77 bits per heavy atom. The van der Waals surface area contributed by atoms with Crippen LogP contribution in [-0.2, 0) is 14.8 Å². The highest BCUT2D eigenvalue weighted by atomic mass is 32.2. The first kappa shape index (κ1) is 20.2. The number of benzene rings is 2. The van der Waals surface area contributed by atoms with Crippen LogP contribution in [0.15, 0.2) is 42.5 Å². The lowest BCUT2D eigenvalue weighted by Gasteiger charge is -2.23. The van der Waals surface area contributed by atoms with E-state index in [2.05, 4.69) is 15.4 Å². The molecule has 0 amide bonds. The molecule has 0 unspecified atom stereocenters. The predicted molar refractivity (Wildman–Crippen MR) is 123 cm³/mol. The quantitative estimate of drug-likeness (QED) is 0.599. The van der Waals surface area contributed by atoms with Crippen LogP contribution in [0.5, 0.6) is 5.75 Å². The number of fused-ring (bicyclic) bond motifs is 1. The van der Waals surface area contributed by atoms with Crippen molar-refractivity contribution in [2.45, 2.75) is 37.8 Å². The first-order valence-electron chi connectivity index (χ1n) is 10.6. The third kappa shape index (κ3) is 4.22. The van der Waals surface area contributed by atoms with Crippen LogP contribution in [0, 0.1) is 0 Å². The summed E-state index contributed by atoms with van der Waals surface area (Å²) in [6, 6.07) is 13.9. The van der Waals surface area contributed by atoms with Gasteiger partial charge in [-0.1, -0.05) is 12.1 Å². The van der Waals surface area contributed by atoms with E-state index >= 15 is 0 Å². The van der Waals surface area contributed by atoms with Crippen molar-refractivity contribution >= 4 is 32.3 Å². The van der Waals surface area contributed by atoms with Gasteiger partial charge in [-0.2, -0.15) is 0 Å². The van der Waals surface area contributed by atoms with Crippen molar-refractivity contribution in [3.05, 3.63) is 42.5 Å². The minimum absolute atomic E-state index is 0.183. The highest BCUT2D eigenvalue weighted by Crippen LogP contribution is 2.47. The molecule has 1 aliphatic carbocycles. The molecule has 7 nitrogen and oxygen atoms in total. The van der Waals surface area contributed by atoms with Crippen LogP contribution in [-0.4, -0.2) is 38.6 Å². The molecule has 0 radical (unpaired) electrons. The molecule has 1 aromatic heterocycles. The van der Waals surface area contributed by atoms with Crippen molar-refractivity contribution in [3.63, 3.8) is 0 Å². The average Bonchev–Trinajstić information content (AvgIpc) is 3.53. The van der Waals surface area contributed by atoms with Crippen LogP contribution < -0.4 is 15.2 Å². The largest absolute Gasteiger partial charge is 0.490 e. The summed E-state index contributed by atoms with van der Waals surface area (Å²) in [4.78, 5) is 0. The fraction of sp³-hybridized carbons (Fsp3) is 0.391. The molecule has 3 aromatic rings. The Kier molecular flexibility index (Phi) is 5.06. The Morgan fingerprint density at radius 3 is 2.42 bits per heavy atom. The van der Waals surface area contributed by atoms with Crippen molar-refractivity contribution in [1.29, 1.82) is 0 Å². The molecular formula is C23H27N3O4S. The number of aromatic nitrogens is 1. The number of hydrogen-bond donors (Lipinski definition) is 2. The molecule has 8 heteroatoms. The number of ether oxygens (including phenoxy) is 2. The number of sulfonamides is 1. The third-order valence-electron chi connectivity index (χ3n) is 5.86. The molecule has 164 valence electrons. The molecule has 2 fully saturated rings. The Labute approximate surface area is 182 Å². The first-order chi connectivity index (χ1) is 14.9. The lowest BCUT2D eigenvalue weighted by atomic mass is 10.1. The smallest absolute Gasteiger partial charge is 0.229 e. The molecule has 1 saturated carbocycles. The highest BCUT2D eigenvalue weighted by molar-refractivity contribution is 7.92. The third-order valence-corrected chi connectivity index (χ3v) is 6.47. The second-order valence-electron chi connectivity index (χ2n) is 8.42. The van der Waals surface area contributed by atoms with E-state index < -0.39 is 10.0 Å². The monoisotopic (exact) mass is 441 g/mol. The van der Waals surface area contributed by atoms with Gasteiger partial charge in [0.2, 0.25) is 10.0 Å². The molecule has 2 heterocycles. The van der Waals surface area contributed by atoms with Crippen molar-refractivity contribution in [2.75, 3.05) is 29.9 Å². The summed E-state index contributed by atoms with van der Waals surface area (Å²) < 4.78 is 39.5. The zero-order valence-corrected chi connectivity index (χ0v) is 18.3.